The van der Waals surface area contributed by atoms with Crippen molar-refractivity contribution in [3.05, 3.63) is 23.8 Å². The molecule has 1 amide bonds. The van der Waals surface area contributed by atoms with Crippen LogP contribution in [-0.2, 0) is 9.53 Å². The zero-order chi connectivity index (χ0) is 19.4. The number of benzene rings is 1. The fourth-order valence-corrected chi connectivity index (χ4v) is 3.52. The first kappa shape index (κ1) is 19.5. The number of methoxy groups -OCH3 is 2. The number of carboxylic acid groups (broad SMARTS) is 1. The smallest absolute Gasteiger partial charge is 0.313 e. The van der Waals surface area contributed by atoms with Crippen molar-refractivity contribution in [2.24, 2.45) is 11.3 Å². The third-order valence-corrected chi connectivity index (χ3v) is 5.33. The standard InChI is InChI=1S/C20H27NO6/c1-25-13-20(19(23)24)8-3-9-21(12-20)18(22)16-7-6-15(26-2)10-17(16)27-11-14-4-5-14/h6-7,10,14H,3-5,8-9,11-13H2,1-2H3,(H,23,24). The van der Waals surface area contributed by atoms with Gasteiger partial charge in [-0.1, -0.05) is 0 Å². The van der Waals surface area contributed by atoms with Crippen LogP contribution in [0.5, 0.6) is 11.5 Å². The summed E-state index contributed by atoms with van der Waals surface area (Å²) in [5.74, 6) is 0.516. The average Bonchev–Trinajstić information content (AvgIpc) is 3.50. The summed E-state index contributed by atoms with van der Waals surface area (Å²) in [7, 11) is 3.05. The summed E-state index contributed by atoms with van der Waals surface area (Å²) in [6.07, 6.45) is 3.42. The number of ether oxygens (including phenoxy) is 3. The van der Waals surface area contributed by atoms with Gasteiger partial charge in [-0.15, -0.1) is 0 Å². The zero-order valence-electron chi connectivity index (χ0n) is 15.9. The molecule has 0 aromatic heterocycles. The van der Waals surface area contributed by atoms with Gasteiger partial charge in [-0.25, -0.2) is 0 Å². The van der Waals surface area contributed by atoms with E-state index >= 15 is 0 Å². The SMILES string of the molecule is COCC1(C(=O)O)CCCN(C(=O)c2ccc(OC)cc2OCC2CC2)C1. The van der Waals surface area contributed by atoms with E-state index in [1.165, 1.54) is 7.11 Å². The largest absolute Gasteiger partial charge is 0.497 e. The Labute approximate surface area is 159 Å². The van der Waals surface area contributed by atoms with Crippen molar-refractivity contribution in [1.82, 2.24) is 4.90 Å². The molecular formula is C20H27NO6. The number of amides is 1. The fourth-order valence-electron chi connectivity index (χ4n) is 3.52. The number of hydrogen-bond acceptors (Lipinski definition) is 5. The van der Waals surface area contributed by atoms with Crippen LogP contribution in [0.2, 0.25) is 0 Å². The number of hydrogen-bond donors (Lipinski definition) is 1. The molecule has 1 saturated carbocycles. The zero-order valence-corrected chi connectivity index (χ0v) is 15.9. The van der Waals surface area contributed by atoms with Crippen LogP contribution >= 0.6 is 0 Å². The van der Waals surface area contributed by atoms with Gasteiger partial charge in [0.2, 0.25) is 0 Å². The van der Waals surface area contributed by atoms with Crippen molar-refractivity contribution in [3.8, 4) is 11.5 Å². The number of rotatable bonds is 8. The first-order valence-corrected chi connectivity index (χ1v) is 9.31. The summed E-state index contributed by atoms with van der Waals surface area (Å²) in [4.78, 5) is 26.6. The quantitative estimate of drug-likeness (QED) is 0.749. The molecular weight excluding hydrogens is 350 g/mol. The van der Waals surface area contributed by atoms with Crippen LogP contribution in [0.4, 0.5) is 0 Å². The predicted molar refractivity (Wildman–Crippen MR) is 98.3 cm³/mol. The molecule has 0 spiro atoms. The maximum Gasteiger partial charge on any atom is 0.313 e. The molecule has 0 radical (unpaired) electrons. The molecule has 1 unspecified atom stereocenters. The van der Waals surface area contributed by atoms with Gasteiger partial charge in [0, 0.05) is 26.3 Å². The predicted octanol–water partition coefficient (Wildman–Crippen LogP) is 2.44. The summed E-state index contributed by atoms with van der Waals surface area (Å²) in [6, 6.07) is 5.14. The highest BCUT2D eigenvalue weighted by Crippen LogP contribution is 2.35. The van der Waals surface area contributed by atoms with Crippen LogP contribution in [0, 0.1) is 11.3 Å². The molecule has 7 heteroatoms. The van der Waals surface area contributed by atoms with Gasteiger partial charge in [-0.2, -0.15) is 0 Å². The van der Waals surface area contributed by atoms with E-state index in [0.717, 1.165) is 12.8 Å². The van der Waals surface area contributed by atoms with Crippen molar-refractivity contribution in [2.45, 2.75) is 25.7 Å². The van der Waals surface area contributed by atoms with Gasteiger partial charge in [0.05, 0.1) is 25.9 Å². The molecule has 1 heterocycles. The molecule has 1 atom stereocenters. The highest BCUT2D eigenvalue weighted by molar-refractivity contribution is 5.97. The normalized spacial score (nSPS) is 22.4. The molecule has 2 fully saturated rings. The van der Waals surface area contributed by atoms with Crippen LogP contribution in [0.25, 0.3) is 0 Å². The van der Waals surface area contributed by atoms with Gasteiger partial charge in [-0.3, -0.25) is 9.59 Å². The number of carbonyl (C=O) groups is 2. The second kappa shape index (κ2) is 8.17. The van der Waals surface area contributed by atoms with Crippen molar-refractivity contribution < 1.29 is 28.9 Å². The third-order valence-electron chi connectivity index (χ3n) is 5.33. The fraction of sp³-hybridized carbons (Fsp3) is 0.600. The molecule has 1 aliphatic carbocycles. The topological polar surface area (TPSA) is 85.3 Å². The van der Waals surface area contributed by atoms with Gasteiger partial charge >= 0.3 is 5.97 Å². The lowest BCUT2D eigenvalue weighted by molar-refractivity contribution is -0.155. The number of piperidine rings is 1. The lowest BCUT2D eigenvalue weighted by atomic mass is 9.80. The Kier molecular flexibility index (Phi) is 5.89. The minimum absolute atomic E-state index is 0.0831. The molecule has 1 saturated heterocycles. The molecule has 1 aromatic rings. The van der Waals surface area contributed by atoms with Crippen molar-refractivity contribution in [2.75, 3.05) is 40.5 Å². The van der Waals surface area contributed by atoms with Gasteiger partial charge < -0.3 is 24.2 Å². The summed E-state index contributed by atoms with van der Waals surface area (Å²) >= 11 is 0. The second-order valence-corrected chi connectivity index (χ2v) is 7.47. The highest BCUT2D eigenvalue weighted by Gasteiger charge is 2.44. The van der Waals surface area contributed by atoms with Crippen molar-refractivity contribution >= 4 is 11.9 Å². The van der Waals surface area contributed by atoms with E-state index in [1.807, 2.05) is 0 Å². The summed E-state index contributed by atoms with van der Waals surface area (Å²) < 4.78 is 16.3. The first-order chi connectivity index (χ1) is 13.0. The second-order valence-electron chi connectivity index (χ2n) is 7.47. The Morgan fingerprint density at radius 2 is 2.07 bits per heavy atom. The number of carboxylic acids is 1. The summed E-state index contributed by atoms with van der Waals surface area (Å²) in [6.45, 7) is 1.31. The summed E-state index contributed by atoms with van der Waals surface area (Å²) in [5, 5.41) is 9.71. The lowest BCUT2D eigenvalue weighted by Crippen LogP contribution is -2.52. The Balaban J connectivity index is 1.82. The molecule has 1 aliphatic heterocycles. The Hall–Kier alpha value is -2.28. The van der Waals surface area contributed by atoms with E-state index in [4.69, 9.17) is 14.2 Å². The molecule has 1 aromatic carbocycles. The van der Waals surface area contributed by atoms with Gasteiger partial charge in [0.25, 0.3) is 5.91 Å². The van der Waals surface area contributed by atoms with Crippen LogP contribution in [-0.4, -0.2) is 62.4 Å². The van der Waals surface area contributed by atoms with Crippen LogP contribution in [0.1, 0.15) is 36.0 Å². The third kappa shape index (κ3) is 4.35. The van der Waals surface area contributed by atoms with Crippen LogP contribution in [0.3, 0.4) is 0 Å². The molecule has 3 rings (SSSR count). The van der Waals surface area contributed by atoms with E-state index in [9.17, 15) is 14.7 Å². The molecule has 1 N–H and O–H groups in total. The number of carbonyl (C=O) groups excluding carboxylic acids is 1. The summed E-state index contributed by atoms with van der Waals surface area (Å²) in [5.41, 5.74) is -0.625. The minimum atomic E-state index is -1.07. The van der Waals surface area contributed by atoms with Crippen LogP contribution in [0.15, 0.2) is 18.2 Å². The van der Waals surface area contributed by atoms with E-state index in [1.54, 1.807) is 30.2 Å². The Bertz CT molecular complexity index is 698. The maximum atomic E-state index is 13.2. The van der Waals surface area contributed by atoms with Crippen molar-refractivity contribution in [1.29, 1.82) is 0 Å². The molecule has 0 bridgehead atoms. The number of aliphatic carboxylic acids is 1. The molecule has 148 valence electrons. The Morgan fingerprint density at radius 1 is 1.30 bits per heavy atom. The Morgan fingerprint density at radius 3 is 2.70 bits per heavy atom. The molecule has 7 nitrogen and oxygen atoms in total. The number of nitrogens with zero attached hydrogens (tertiary/aromatic N) is 1. The monoisotopic (exact) mass is 377 g/mol. The van der Waals surface area contributed by atoms with E-state index in [2.05, 4.69) is 0 Å². The van der Waals surface area contributed by atoms with Crippen molar-refractivity contribution in [3.63, 3.8) is 0 Å². The van der Waals surface area contributed by atoms with E-state index < -0.39 is 11.4 Å². The lowest BCUT2D eigenvalue weighted by Gasteiger charge is -2.39. The van der Waals surface area contributed by atoms with Crippen LogP contribution < -0.4 is 9.47 Å². The van der Waals surface area contributed by atoms with E-state index in [-0.39, 0.29) is 19.1 Å². The van der Waals surface area contributed by atoms with Gasteiger partial charge in [0.1, 0.15) is 16.9 Å². The van der Waals surface area contributed by atoms with Gasteiger partial charge in [0.15, 0.2) is 0 Å². The average molecular weight is 377 g/mol. The molecule has 27 heavy (non-hydrogen) atoms. The molecule has 2 aliphatic rings. The number of likely N-dealkylation sites (tertiary alicyclic amines) is 1. The maximum absolute atomic E-state index is 13.2. The van der Waals surface area contributed by atoms with Gasteiger partial charge in [-0.05, 0) is 43.7 Å². The van der Waals surface area contributed by atoms with E-state index in [0.29, 0.717) is 49.0 Å². The highest BCUT2D eigenvalue weighted by atomic mass is 16.5. The first-order valence-electron chi connectivity index (χ1n) is 9.31. The minimum Gasteiger partial charge on any atom is -0.497 e.